The summed E-state index contributed by atoms with van der Waals surface area (Å²) in [7, 11) is 0. The molecule has 24 heavy (non-hydrogen) atoms. The van der Waals surface area contributed by atoms with Gasteiger partial charge in [-0.2, -0.15) is 0 Å². The Kier molecular flexibility index (Phi) is 6.01. The van der Waals surface area contributed by atoms with Gasteiger partial charge in [0.1, 0.15) is 0 Å². The second kappa shape index (κ2) is 8.42. The molecule has 1 heterocycles. The van der Waals surface area contributed by atoms with Crippen molar-refractivity contribution >= 4 is 21.8 Å². The zero-order chi connectivity index (χ0) is 16.8. The van der Waals surface area contributed by atoms with Gasteiger partial charge >= 0.3 is 0 Å². The second-order valence-corrected chi connectivity index (χ2v) is 6.81. The Labute approximate surface area is 150 Å². The van der Waals surface area contributed by atoms with Crippen LogP contribution in [0.1, 0.15) is 23.6 Å². The molecule has 2 aromatic rings. The zero-order valence-electron chi connectivity index (χ0n) is 13.4. The topological polar surface area (TPSA) is 50.4 Å². The quantitative estimate of drug-likeness (QED) is 0.827. The number of hydrogen-bond acceptors (Lipinski definition) is 3. The molecule has 0 bridgehead atoms. The summed E-state index contributed by atoms with van der Waals surface area (Å²) in [6.45, 7) is 2.10. The lowest BCUT2D eigenvalue weighted by Gasteiger charge is -2.25. The zero-order valence-corrected chi connectivity index (χ0v) is 15.0. The van der Waals surface area contributed by atoms with Gasteiger partial charge in [-0.25, -0.2) is 0 Å². The standard InChI is InChI=1S/C19H21BrN2O2/c20-16-8-6-15(7-9-16)19(14-4-2-1-3-5-14)22-18(23)12-17-13-24-11-10-21-17/h1-9,17,19,21H,10-13H2,(H,22,23). The minimum absolute atomic E-state index is 0.0229. The lowest BCUT2D eigenvalue weighted by Crippen LogP contribution is -2.44. The van der Waals surface area contributed by atoms with Crippen LogP contribution in [-0.4, -0.2) is 31.7 Å². The van der Waals surface area contributed by atoms with Gasteiger partial charge in [-0.1, -0.05) is 58.4 Å². The Morgan fingerprint density at radius 2 is 1.88 bits per heavy atom. The van der Waals surface area contributed by atoms with Crippen LogP contribution in [0.2, 0.25) is 0 Å². The van der Waals surface area contributed by atoms with Crippen LogP contribution in [0, 0.1) is 0 Å². The third-order valence-electron chi connectivity index (χ3n) is 4.07. The highest BCUT2D eigenvalue weighted by Gasteiger charge is 2.21. The highest BCUT2D eigenvalue weighted by Crippen LogP contribution is 2.24. The number of hydrogen-bond donors (Lipinski definition) is 2. The van der Waals surface area contributed by atoms with E-state index in [0.29, 0.717) is 19.6 Å². The van der Waals surface area contributed by atoms with Crippen molar-refractivity contribution in [1.29, 1.82) is 0 Å². The largest absolute Gasteiger partial charge is 0.378 e. The fourth-order valence-electron chi connectivity index (χ4n) is 2.85. The van der Waals surface area contributed by atoms with E-state index in [-0.39, 0.29) is 18.0 Å². The molecular weight excluding hydrogens is 368 g/mol. The Balaban J connectivity index is 1.74. The normalized spacial score (nSPS) is 18.8. The Morgan fingerprint density at radius 3 is 2.54 bits per heavy atom. The van der Waals surface area contributed by atoms with Crippen molar-refractivity contribution in [3.05, 3.63) is 70.2 Å². The average molecular weight is 389 g/mol. The molecule has 0 saturated carbocycles. The first-order chi connectivity index (χ1) is 11.7. The summed E-state index contributed by atoms with van der Waals surface area (Å²) in [4.78, 5) is 12.5. The van der Waals surface area contributed by atoms with Gasteiger partial charge in [0.15, 0.2) is 0 Å². The van der Waals surface area contributed by atoms with Crippen LogP contribution < -0.4 is 10.6 Å². The minimum Gasteiger partial charge on any atom is -0.378 e. The van der Waals surface area contributed by atoms with Gasteiger partial charge in [0.05, 0.1) is 19.3 Å². The SMILES string of the molecule is O=C(CC1COCCN1)NC(c1ccccc1)c1ccc(Br)cc1. The first-order valence-electron chi connectivity index (χ1n) is 8.13. The van der Waals surface area contributed by atoms with E-state index in [2.05, 4.69) is 26.6 Å². The molecule has 0 aliphatic carbocycles. The number of benzene rings is 2. The average Bonchev–Trinajstić information content (AvgIpc) is 2.62. The van der Waals surface area contributed by atoms with E-state index in [1.54, 1.807) is 0 Å². The maximum absolute atomic E-state index is 12.5. The van der Waals surface area contributed by atoms with E-state index in [1.165, 1.54) is 0 Å². The molecule has 2 N–H and O–H groups in total. The van der Waals surface area contributed by atoms with Gasteiger partial charge in [-0.05, 0) is 23.3 Å². The summed E-state index contributed by atoms with van der Waals surface area (Å²) < 4.78 is 6.44. The number of carbonyl (C=O) groups is 1. The maximum Gasteiger partial charge on any atom is 0.222 e. The van der Waals surface area contributed by atoms with Crippen molar-refractivity contribution < 1.29 is 9.53 Å². The number of amides is 1. The summed E-state index contributed by atoms with van der Waals surface area (Å²) in [6.07, 6.45) is 0.417. The van der Waals surface area contributed by atoms with Crippen LogP contribution in [-0.2, 0) is 9.53 Å². The summed E-state index contributed by atoms with van der Waals surface area (Å²) >= 11 is 3.46. The molecule has 0 spiro atoms. The van der Waals surface area contributed by atoms with Crippen LogP contribution in [0.15, 0.2) is 59.1 Å². The summed E-state index contributed by atoms with van der Waals surface area (Å²) in [5.41, 5.74) is 2.13. The molecule has 1 fully saturated rings. The number of morpholine rings is 1. The Bertz CT molecular complexity index is 655. The minimum atomic E-state index is -0.156. The van der Waals surface area contributed by atoms with E-state index in [1.807, 2.05) is 54.6 Å². The summed E-state index contributed by atoms with van der Waals surface area (Å²) in [5.74, 6) is 0.0229. The number of rotatable bonds is 5. The van der Waals surface area contributed by atoms with Crippen molar-refractivity contribution in [1.82, 2.24) is 10.6 Å². The molecule has 4 nitrogen and oxygen atoms in total. The molecule has 1 aliphatic rings. The van der Waals surface area contributed by atoms with Crippen molar-refractivity contribution in [3.8, 4) is 0 Å². The van der Waals surface area contributed by atoms with Crippen LogP contribution >= 0.6 is 15.9 Å². The van der Waals surface area contributed by atoms with Gasteiger partial charge in [0, 0.05) is 23.5 Å². The van der Waals surface area contributed by atoms with Crippen LogP contribution in [0.3, 0.4) is 0 Å². The number of ether oxygens (including phenoxy) is 1. The predicted molar refractivity (Wildman–Crippen MR) is 97.8 cm³/mol. The monoisotopic (exact) mass is 388 g/mol. The highest BCUT2D eigenvalue weighted by atomic mass is 79.9. The molecule has 1 saturated heterocycles. The molecule has 2 aromatic carbocycles. The molecule has 3 rings (SSSR count). The Hall–Kier alpha value is -1.69. The molecule has 5 heteroatoms. The fraction of sp³-hybridized carbons (Fsp3) is 0.316. The number of carbonyl (C=O) groups excluding carboxylic acids is 1. The van der Waals surface area contributed by atoms with Crippen molar-refractivity contribution in [2.75, 3.05) is 19.8 Å². The first-order valence-corrected chi connectivity index (χ1v) is 8.92. The van der Waals surface area contributed by atoms with Crippen molar-refractivity contribution in [3.63, 3.8) is 0 Å². The van der Waals surface area contributed by atoms with Crippen molar-refractivity contribution in [2.45, 2.75) is 18.5 Å². The maximum atomic E-state index is 12.5. The molecule has 0 aromatic heterocycles. The van der Waals surface area contributed by atoms with Crippen LogP contribution in [0.5, 0.6) is 0 Å². The molecule has 2 unspecified atom stereocenters. The van der Waals surface area contributed by atoms with Gasteiger partial charge in [-0.15, -0.1) is 0 Å². The fourth-order valence-corrected chi connectivity index (χ4v) is 3.12. The second-order valence-electron chi connectivity index (χ2n) is 5.89. The third kappa shape index (κ3) is 4.66. The number of nitrogens with one attached hydrogen (secondary N) is 2. The smallest absolute Gasteiger partial charge is 0.222 e. The van der Waals surface area contributed by atoms with Crippen molar-refractivity contribution in [2.24, 2.45) is 0 Å². The number of halogens is 1. The van der Waals surface area contributed by atoms with E-state index in [4.69, 9.17) is 4.74 Å². The van der Waals surface area contributed by atoms with E-state index in [9.17, 15) is 4.79 Å². The molecule has 0 radical (unpaired) electrons. The van der Waals surface area contributed by atoms with Gasteiger partial charge < -0.3 is 15.4 Å². The van der Waals surface area contributed by atoms with Gasteiger partial charge in [-0.3, -0.25) is 4.79 Å². The molecule has 2 atom stereocenters. The van der Waals surface area contributed by atoms with Crippen LogP contribution in [0.4, 0.5) is 0 Å². The lowest BCUT2D eigenvalue weighted by atomic mass is 9.98. The molecular formula is C19H21BrN2O2. The molecule has 1 amide bonds. The summed E-state index contributed by atoms with van der Waals surface area (Å²) in [6, 6.07) is 18.0. The van der Waals surface area contributed by atoms with E-state index in [0.717, 1.165) is 22.1 Å². The Morgan fingerprint density at radius 1 is 1.17 bits per heavy atom. The van der Waals surface area contributed by atoms with Gasteiger partial charge in [0.2, 0.25) is 5.91 Å². The van der Waals surface area contributed by atoms with Crippen LogP contribution in [0.25, 0.3) is 0 Å². The predicted octanol–water partition coefficient (Wildman–Crippen LogP) is 3.03. The molecule has 1 aliphatic heterocycles. The van der Waals surface area contributed by atoms with Gasteiger partial charge in [0.25, 0.3) is 0 Å². The summed E-state index contributed by atoms with van der Waals surface area (Å²) in [5, 5.41) is 6.48. The van der Waals surface area contributed by atoms with E-state index < -0.39 is 0 Å². The van der Waals surface area contributed by atoms with E-state index >= 15 is 0 Å². The highest BCUT2D eigenvalue weighted by molar-refractivity contribution is 9.10. The molecule has 126 valence electrons. The third-order valence-corrected chi connectivity index (χ3v) is 4.60. The first kappa shape index (κ1) is 17.1. The lowest BCUT2D eigenvalue weighted by molar-refractivity contribution is -0.122.